The number of thiazole rings is 1. The molecule has 1 amide bonds. The van der Waals surface area contributed by atoms with Gasteiger partial charge >= 0.3 is 0 Å². The van der Waals surface area contributed by atoms with Gasteiger partial charge in [0.25, 0.3) is 5.91 Å². The molecule has 0 aliphatic carbocycles. The molecule has 2 aromatic carbocycles. The van der Waals surface area contributed by atoms with E-state index in [0.717, 1.165) is 35.5 Å². The van der Waals surface area contributed by atoms with Gasteiger partial charge in [-0.05, 0) is 50.7 Å². The number of methoxy groups -OCH3 is 1. The Bertz CT molecular complexity index is 1050. The Morgan fingerprint density at radius 1 is 1.13 bits per heavy atom. The first-order valence-electron chi connectivity index (χ1n) is 10.1. The number of fused-ring (bicyclic) bond motifs is 1. The first kappa shape index (κ1) is 22.5. The van der Waals surface area contributed by atoms with Crippen LogP contribution < -0.4 is 9.64 Å². The summed E-state index contributed by atoms with van der Waals surface area (Å²) in [6, 6.07) is 9.52. The normalized spacial score (nSPS) is 11.3. The van der Waals surface area contributed by atoms with Crippen molar-refractivity contribution in [3.8, 4) is 5.75 Å². The molecular formula is C23H28ClN3O2S. The van der Waals surface area contributed by atoms with Crippen LogP contribution in [0.5, 0.6) is 5.75 Å². The SMILES string of the molecule is CCN(CC)CCN(C(=O)c1ccc(C)cc1C)c1nc2c(OC)ccc(Cl)c2s1. The maximum Gasteiger partial charge on any atom is 0.260 e. The molecule has 30 heavy (non-hydrogen) atoms. The molecule has 0 aliphatic rings. The van der Waals surface area contributed by atoms with E-state index in [4.69, 9.17) is 21.3 Å². The molecule has 0 bridgehead atoms. The predicted molar refractivity (Wildman–Crippen MR) is 127 cm³/mol. The summed E-state index contributed by atoms with van der Waals surface area (Å²) >= 11 is 7.84. The summed E-state index contributed by atoms with van der Waals surface area (Å²) in [4.78, 5) is 22.4. The highest BCUT2D eigenvalue weighted by Crippen LogP contribution is 2.39. The van der Waals surface area contributed by atoms with Gasteiger partial charge in [-0.25, -0.2) is 4.98 Å². The fourth-order valence-corrected chi connectivity index (χ4v) is 4.77. The van der Waals surface area contributed by atoms with Crippen molar-refractivity contribution in [3.05, 3.63) is 52.0 Å². The average molecular weight is 446 g/mol. The van der Waals surface area contributed by atoms with E-state index in [1.807, 2.05) is 32.0 Å². The maximum absolute atomic E-state index is 13.6. The molecule has 1 heterocycles. The number of hydrogen-bond donors (Lipinski definition) is 0. The summed E-state index contributed by atoms with van der Waals surface area (Å²) in [7, 11) is 1.61. The average Bonchev–Trinajstić information content (AvgIpc) is 3.17. The van der Waals surface area contributed by atoms with Crippen LogP contribution in [-0.2, 0) is 0 Å². The minimum absolute atomic E-state index is 0.0474. The van der Waals surface area contributed by atoms with Gasteiger partial charge in [0.05, 0.1) is 16.8 Å². The van der Waals surface area contributed by atoms with Gasteiger partial charge < -0.3 is 9.64 Å². The van der Waals surface area contributed by atoms with Crippen LogP contribution in [0.4, 0.5) is 5.13 Å². The van der Waals surface area contributed by atoms with Crippen molar-refractivity contribution >= 4 is 44.2 Å². The fourth-order valence-electron chi connectivity index (χ4n) is 3.49. The number of anilines is 1. The second-order valence-corrected chi connectivity index (χ2v) is 8.61. The van der Waals surface area contributed by atoms with Crippen molar-refractivity contribution in [2.75, 3.05) is 38.2 Å². The van der Waals surface area contributed by atoms with Crippen LogP contribution in [0.1, 0.15) is 35.3 Å². The summed E-state index contributed by atoms with van der Waals surface area (Å²) in [6.45, 7) is 11.4. The van der Waals surface area contributed by atoms with Gasteiger partial charge in [-0.2, -0.15) is 0 Å². The molecule has 7 heteroatoms. The zero-order valence-electron chi connectivity index (χ0n) is 18.2. The Balaban J connectivity index is 2.06. The van der Waals surface area contributed by atoms with Crippen molar-refractivity contribution in [2.24, 2.45) is 0 Å². The van der Waals surface area contributed by atoms with E-state index in [1.54, 1.807) is 24.1 Å². The van der Waals surface area contributed by atoms with Gasteiger partial charge in [0, 0.05) is 18.7 Å². The molecule has 3 rings (SSSR count). The Morgan fingerprint density at radius 3 is 2.50 bits per heavy atom. The zero-order chi connectivity index (χ0) is 21.8. The first-order valence-corrected chi connectivity index (χ1v) is 11.3. The van der Waals surface area contributed by atoms with Crippen LogP contribution in [0, 0.1) is 13.8 Å². The summed E-state index contributed by atoms with van der Waals surface area (Å²) in [5, 5.41) is 1.24. The molecule has 3 aromatic rings. The van der Waals surface area contributed by atoms with Crippen LogP contribution in [-0.4, -0.2) is 49.1 Å². The molecule has 0 aliphatic heterocycles. The fraction of sp³-hybridized carbons (Fsp3) is 0.391. The number of rotatable bonds is 8. The van der Waals surface area contributed by atoms with Crippen molar-refractivity contribution in [3.63, 3.8) is 0 Å². The van der Waals surface area contributed by atoms with Crippen molar-refractivity contribution in [1.82, 2.24) is 9.88 Å². The van der Waals surface area contributed by atoms with Gasteiger partial charge in [0.15, 0.2) is 5.13 Å². The Hall–Kier alpha value is -2.15. The van der Waals surface area contributed by atoms with Gasteiger partial charge in [-0.15, -0.1) is 0 Å². The Kier molecular flexibility index (Phi) is 7.34. The molecule has 0 spiro atoms. The molecule has 0 radical (unpaired) electrons. The highest BCUT2D eigenvalue weighted by atomic mass is 35.5. The second kappa shape index (κ2) is 9.77. The molecule has 0 fully saturated rings. The number of halogens is 1. The number of aryl methyl sites for hydroxylation is 2. The second-order valence-electron chi connectivity index (χ2n) is 7.23. The van der Waals surface area contributed by atoms with Crippen LogP contribution >= 0.6 is 22.9 Å². The topological polar surface area (TPSA) is 45.7 Å². The third kappa shape index (κ3) is 4.61. The van der Waals surface area contributed by atoms with Crippen LogP contribution in [0.15, 0.2) is 30.3 Å². The quantitative estimate of drug-likeness (QED) is 0.455. The smallest absolute Gasteiger partial charge is 0.260 e. The van der Waals surface area contributed by atoms with Crippen molar-refractivity contribution in [1.29, 1.82) is 0 Å². The first-order chi connectivity index (χ1) is 14.4. The molecule has 0 atom stereocenters. The molecule has 0 N–H and O–H groups in total. The number of nitrogens with zero attached hydrogens (tertiary/aromatic N) is 3. The van der Waals surface area contributed by atoms with Gasteiger partial charge in [-0.3, -0.25) is 9.69 Å². The van der Waals surface area contributed by atoms with Gasteiger partial charge in [-0.1, -0.05) is 54.5 Å². The minimum atomic E-state index is -0.0474. The molecule has 0 saturated carbocycles. The molecule has 1 aromatic heterocycles. The summed E-state index contributed by atoms with van der Waals surface area (Å²) in [5.41, 5.74) is 3.48. The lowest BCUT2D eigenvalue weighted by Gasteiger charge is -2.25. The van der Waals surface area contributed by atoms with Gasteiger partial charge in [0.1, 0.15) is 11.3 Å². The number of benzene rings is 2. The monoisotopic (exact) mass is 445 g/mol. The highest BCUT2D eigenvalue weighted by molar-refractivity contribution is 7.23. The largest absolute Gasteiger partial charge is 0.494 e. The standard InChI is InChI=1S/C23H28ClN3O2S/c1-6-26(7-2)12-13-27(22(28)17-9-8-15(3)14-16(17)4)23-25-20-19(29-5)11-10-18(24)21(20)30-23/h8-11,14H,6-7,12-13H2,1-5H3. The lowest BCUT2D eigenvalue weighted by molar-refractivity contribution is 0.0983. The van der Waals surface area contributed by atoms with Crippen LogP contribution in [0.2, 0.25) is 5.02 Å². The van der Waals surface area contributed by atoms with E-state index < -0.39 is 0 Å². The highest BCUT2D eigenvalue weighted by Gasteiger charge is 2.24. The number of aromatic nitrogens is 1. The van der Waals surface area contributed by atoms with E-state index in [1.165, 1.54) is 11.3 Å². The maximum atomic E-state index is 13.6. The van der Waals surface area contributed by atoms with E-state index >= 15 is 0 Å². The van der Waals surface area contributed by atoms with E-state index in [0.29, 0.717) is 33.5 Å². The summed E-state index contributed by atoms with van der Waals surface area (Å²) in [5.74, 6) is 0.605. The molecule has 5 nitrogen and oxygen atoms in total. The lowest BCUT2D eigenvalue weighted by atomic mass is 10.0. The molecule has 0 saturated heterocycles. The van der Waals surface area contributed by atoms with Crippen LogP contribution in [0.25, 0.3) is 10.2 Å². The van der Waals surface area contributed by atoms with Gasteiger partial charge in [0.2, 0.25) is 0 Å². The van der Waals surface area contributed by atoms with E-state index in [2.05, 4.69) is 18.7 Å². The number of amides is 1. The lowest BCUT2D eigenvalue weighted by Crippen LogP contribution is -2.39. The number of hydrogen-bond acceptors (Lipinski definition) is 5. The summed E-state index contributed by atoms with van der Waals surface area (Å²) in [6.07, 6.45) is 0. The number of ether oxygens (including phenoxy) is 1. The van der Waals surface area contributed by atoms with E-state index in [-0.39, 0.29) is 5.91 Å². The number of carbonyl (C=O) groups excluding carboxylic acids is 1. The third-order valence-electron chi connectivity index (χ3n) is 5.29. The molecular weight excluding hydrogens is 418 g/mol. The minimum Gasteiger partial charge on any atom is -0.494 e. The third-order valence-corrected chi connectivity index (χ3v) is 6.83. The summed E-state index contributed by atoms with van der Waals surface area (Å²) < 4.78 is 6.29. The molecule has 160 valence electrons. The number of likely N-dealkylation sites (N-methyl/N-ethyl adjacent to an activating group) is 1. The van der Waals surface area contributed by atoms with Crippen molar-refractivity contribution < 1.29 is 9.53 Å². The van der Waals surface area contributed by atoms with Crippen LogP contribution in [0.3, 0.4) is 0 Å². The predicted octanol–water partition coefficient (Wildman–Crippen LogP) is 5.56. The Morgan fingerprint density at radius 2 is 1.87 bits per heavy atom. The molecule has 0 unspecified atom stereocenters. The van der Waals surface area contributed by atoms with E-state index in [9.17, 15) is 4.79 Å². The van der Waals surface area contributed by atoms with Crippen molar-refractivity contribution in [2.45, 2.75) is 27.7 Å². The Labute approximate surface area is 187 Å². The number of carbonyl (C=O) groups is 1. The zero-order valence-corrected chi connectivity index (χ0v) is 19.7.